The van der Waals surface area contributed by atoms with Gasteiger partial charge in [0.2, 0.25) is 0 Å². The molecule has 0 aliphatic rings. The van der Waals surface area contributed by atoms with E-state index >= 15 is 0 Å². The molecule has 1 heterocycles. The number of rotatable bonds is 6. The van der Waals surface area contributed by atoms with Gasteiger partial charge >= 0.3 is 0 Å². The number of carbonyl (C=O) groups excluding carboxylic acids is 1. The molecule has 3 aromatic rings. The summed E-state index contributed by atoms with van der Waals surface area (Å²) in [5, 5.41) is 6.24. The molecular weight excluding hydrogens is 338 g/mol. The van der Waals surface area contributed by atoms with Gasteiger partial charge in [-0.2, -0.15) is 0 Å². The van der Waals surface area contributed by atoms with Gasteiger partial charge in [0.05, 0.1) is 24.6 Å². The molecule has 0 bridgehead atoms. The fourth-order valence-electron chi connectivity index (χ4n) is 2.78. The smallest absolute Gasteiger partial charge is 0.257 e. The Morgan fingerprint density at radius 3 is 2.44 bits per heavy atom. The number of ether oxygens (including phenoxy) is 1. The summed E-state index contributed by atoms with van der Waals surface area (Å²) >= 11 is 0. The summed E-state index contributed by atoms with van der Waals surface area (Å²) in [6.07, 6.45) is 3.25. The fraction of sp³-hybridized carbons (Fsp3) is 0.182. The van der Waals surface area contributed by atoms with E-state index in [1.807, 2.05) is 48.5 Å². The normalized spacial score (nSPS) is 10.5. The molecule has 0 spiro atoms. The maximum atomic E-state index is 12.7. The first-order valence-electron chi connectivity index (χ1n) is 8.83. The number of amides is 1. The van der Waals surface area contributed by atoms with Crippen molar-refractivity contribution in [2.45, 2.75) is 19.8 Å². The van der Waals surface area contributed by atoms with E-state index < -0.39 is 0 Å². The van der Waals surface area contributed by atoms with Crippen LogP contribution in [0.1, 0.15) is 35.7 Å². The third-order valence-corrected chi connectivity index (χ3v) is 4.21. The van der Waals surface area contributed by atoms with Crippen molar-refractivity contribution in [2.75, 3.05) is 17.7 Å². The van der Waals surface area contributed by atoms with Crippen molar-refractivity contribution in [3.8, 4) is 5.75 Å². The van der Waals surface area contributed by atoms with Crippen molar-refractivity contribution in [1.29, 1.82) is 0 Å². The molecule has 0 aliphatic heterocycles. The number of aromatic nitrogens is 1. The van der Waals surface area contributed by atoms with Crippen LogP contribution in [0.3, 0.4) is 0 Å². The van der Waals surface area contributed by atoms with Crippen LogP contribution in [0, 0.1) is 0 Å². The molecule has 0 radical (unpaired) electrons. The third-order valence-electron chi connectivity index (χ3n) is 4.21. The lowest BCUT2D eigenvalue weighted by Crippen LogP contribution is -2.14. The van der Waals surface area contributed by atoms with Crippen LogP contribution >= 0.6 is 0 Å². The van der Waals surface area contributed by atoms with Gasteiger partial charge in [0.25, 0.3) is 5.91 Å². The highest BCUT2D eigenvalue weighted by Crippen LogP contribution is 2.25. The summed E-state index contributed by atoms with van der Waals surface area (Å²) in [4.78, 5) is 16.9. The lowest BCUT2D eigenvalue weighted by Gasteiger charge is -2.14. The Bertz CT molecular complexity index is 921. The largest absolute Gasteiger partial charge is 0.497 e. The van der Waals surface area contributed by atoms with Gasteiger partial charge < -0.3 is 15.4 Å². The highest BCUT2D eigenvalue weighted by Gasteiger charge is 2.12. The van der Waals surface area contributed by atoms with E-state index in [0.29, 0.717) is 11.5 Å². The number of benzene rings is 2. The quantitative estimate of drug-likeness (QED) is 0.633. The second-order valence-corrected chi connectivity index (χ2v) is 6.51. The number of nitrogens with one attached hydrogen (secondary N) is 2. The Balaban J connectivity index is 1.75. The first-order chi connectivity index (χ1) is 13.1. The monoisotopic (exact) mass is 361 g/mol. The summed E-state index contributed by atoms with van der Waals surface area (Å²) in [6, 6.07) is 17.2. The summed E-state index contributed by atoms with van der Waals surface area (Å²) in [6.45, 7) is 4.21. The molecule has 5 heteroatoms. The molecule has 27 heavy (non-hydrogen) atoms. The maximum absolute atomic E-state index is 12.7. The Morgan fingerprint density at radius 2 is 1.74 bits per heavy atom. The van der Waals surface area contributed by atoms with Crippen LogP contribution in [-0.4, -0.2) is 18.0 Å². The van der Waals surface area contributed by atoms with Crippen LogP contribution in [0.2, 0.25) is 0 Å². The topological polar surface area (TPSA) is 63.2 Å². The van der Waals surface area contributed by atoms with Crippen LogP contribution in [0.4, 0.5) is 17.1 Å². The van der Waals surface area contributed by atoms with Gasteiger partial charge in [0, 0.05) is 17.6 Å². The predicted octanol–water partition coefficient (Wildman–Crippen LogP) is 5.21. The van der Waals surface area contributed by atoms with Crippen LogP contribution in [0.25, 0.3) is 0 Å². The average molecular weight is 361 g/mol. The Hall–Kier alpha value is -3.34. The summed E-state index contributed by atoms with van der Waals surface area (Å²) < 4.78 is 5.16. The van der Waals surface area contributed by atoms with Crippen molar-refractivity contribution < 1.29 is 9.53 Å². The van der Waals surface area contributed by atoms with Gasteiger partial charge in [0.1, 0.15) is 5.75 Å². The molecule has 0 fully saturated rings. The van der Waals surface area contributed by atoms with Gasteiger partial charge in [-0.25, -0.2) is 0 Å². The van der Waals surface area contributed by atoms with E-state index in [2.05, 4.69) is 29.5 Å². The highest BCUT2D eigenvalue weighted by atomic mass is 16.5. The maximum Gasteiger partial charge on any atom is 0.257 e. The van der Waals surface area contributed by atoms with E-state index in [4.69, 9.17) is 4.74 Å². The van der Waals surface area contributed by atoms with E-state index in [1.54, 1.807) is 25.6 Å². The third kappa shape index (κ3) is 4.64. The Labute approximate surface area is 159 Å². The number of methoxy groups -OCH3 is 1. The van der Waals surface area contributed by atoms with Crippen molar-refractivity contribution in [3.05, 3.63) is 78.1 Å². The van der Waals surface area contributed by atoms with Crippen LogP contribution in [0.15, 0.2) is 67.0 Å². The van der Waals surface area contributed by atoms with E-state index in [9.17, 15) is 4.79 Å². The summed E-state index contributed by atoms with van der Waals surface area (Å²) in [5.74, 6) is 0.923. The van der Waals surface area contributed by atoms with Gasteiger partial charge in [-0.05, 0) is 47.9 Å². The fourth-order valence-corrected chi connectivity index (χ4v) is 2.78. The minimum absolute atomic E-state index is 0.186. The SMILES string of the molecule is COc1ccc(Nc2cncc(C(=O)Nc3ccccc3C(C)C)c2)cc1. The van der Waals surface area contributed by atoms with Crippen LogP contribution in [0.5, 0.6) is 5.75 Å². The lowest BCUT2D eigenvalue weighted by atomic mass is 10.0. The number of hydrogen-bond donors (Lipinski definition) is 2. The molecule has 5 nitrogen and oxygen atoms in total. The molecule has 1 amide bonds. The van der Waals surface area contributed by atoms with Gasteiger partial charge in [-0.1, -0.05) is 32.0 Å². The molecular formula is C22H23N3O2. The van der Waals surface area contributed by atoms with Crippen LogP contribution < -0.4 is 15.4 Å². The molecule has 3 rings (SSSR count). The highest BCUT2D eigenvalue weighted by molar-refractivity contribution is 6.05. The molecule has 1 aromatic heterocycles. The van der Waals surface area contributed by atoms with E-state index in [-0.39, 0.29) is 5.91 Å². The standard InChI is InChI=1S/C22H23N3O2/c1-15(2)20-6-4-5-7-21(20)25-22(26)16-12-18(14-23-13-16)24-17-8-10-19(27-3)11-9-17/h4-15,24H,1-3H3,(H,25,26). The predicted molar refractivity (Wildman–Crippen MR) is 109 cm³/mol. The Kier molecular flexibility index (Phi) is 5.71. The van der Waals surface area contributed by atoms with Gasteiger partial charge in [-0.15, -0.1) is 0 Å². The number of hydrogen-bond acceptors (Lipinski definition) is 4. The molecule has 0 saturated heterocycles. The second kappa shape index (κ2) is 8.36. The van der Waals surface area contributed by atoms with Crippen molar-refractivity contribution >= 4 is 23.0 Å². The molecule has 138 valence electrons. The van der Waals surface area contributed by atoms with Crippen molar-refractivity contribution in [1.82, 2.24) is 4.98 Å². The Morgan fingerprint density at radius 1 is 1.00 bits per heavy atom. The van der Waals surface area contributed by atoms with Crippen molar-refractivity contribution in [3.63, 3.8) is 0 Å². The number of para-hydroxylation sites is 1. The average Bonchev–Trinajstić information content (AvgIpc) is 2.69. The number of carbonyl (C=O) groups is 1. The first-order valence-corrected chi connectivity index (χ1v) is 8.83. The number of pyridine rings is 1. The van der Waals surface area contributed by atoms with E-state index in [1.165, 1.54) is 0 Å². The lowest BCUT2D eigenvalue weighted by molar-refractivity contribution is 0.102. The molecule has 0 saturated carbocycles. The molecule has 2 aromatic carbocycles. The first kappa shape index (κ1) is 18.5. The minimum Gasteiger partial charge on any atom is -0.497 e. The number of anilines is 3. The molecule has 0 aliphatic carbocycles. The van der Waals surface area contributed by atoms with E-state index in [0.717, 1.165) is 28.4 Å². The molecule has 0 atom stereocenters. The van der Waals surface area contributed by atoms with Crippen LogP contribution in [-0.2, 0) is 0 Å². The minimum atomic E-state index is -0.186. The zero-order valence-electron chi connectivity index (χ0n) is 15.7. The number of nitrogens with zero attached hydrogens (tertiary/aromatic N) is 1. The van der Waals surface area contributed by atoms with Crippen molar-refractivity contribution in [2.24, 2.45) is 0 Å². The van der Waals surface area contributed by atoms with Gasteiger partial charge in [-0.3, -0.25) is 9.78 Å². The zero-order chi connectivity index (χ0) is 19.2. The zero-order valence-corrected chi connectivity index (χ0v) is 15.7. The summed E-state index contributed by atoms with van der Waals surface area (Å²) in [5.41, 5.74) is 4.05. The molecule has 0 unspecified atom stereocenters. The summed E-state index contributed by atoms with van der Waals surface area (Å²) in [7, 11) is 1.63. The van der Waals surface area contributed by atoms with Gasteiger partial charge in [0.15, 0.2) is 0 Å². The molecule has 2 N–H and O–H groups in total. The second-order valence-electron chi connectivity index (χ2n) is 6.51.